The Hall–Kier alpha value is -3.26. The molecule has 2 heterocycles. The fraction of sp³-hybridized carbons (Fsp3) is 0.292. The van der Waals surface area contributed by atoms with Crippen LogP contribution in [0, 0.1) is 12.7 Å². The van der Waals surface area contributed by atoms with Crippen LogP contribution in [0.25, 0.3) is 0 Å². The van der Waals surface area contributed by atoms with Crippen LogP contribution in [-0.4, -0.2) is 40.8 Å². The molecule has 2 amide bonds. The van der Waals surface area contributed by atoms with E-state index < -0.39 is 5.82 Å². The van der Waals surface area contributed by atoms with Crippen LogP contribution in [0.1, 0.15) is 44.3 Å². The van der Waals surface area contributed by atoms with Crippen molar-refractivity contribution in [2.24, 2.45) is 0 Å². The van der Waals surface area contributed by atoms with Crippen molar-refractivity contribution in [1.29, 1.82) is 0 Å². The summed E-state index contributed by atoms with van der Waals surface area (Å²) in [5.41, 5.74) is 1.46. The summed E-state index contributed by atoms with van der Waals surface area (Å²) in [6.07, 6.45) is 1.23. The van der Waals surface area contributed by atoms with E-state index in [-0.39, 0.29) is 23.4 Å². The minimum atomic E-state index is -0.514. The van der Waals surface area contributed by atoms with Crippen molar-refractivity contribution in [2.75, 3.05) is 13.1 Å². The second-order valence-corrected chi connectivity index (χ2v) is 8.76. The summed E-state index contributed by atoms with van der Waals surface area (Å²) in [5.74, 6) is -0.402. The van der Waals surface area contributed by atoms with Gasteiger partial charge in [0.25, 0.3) is 11.8 Å². The number of aromatic nitrogens is 1. The molecule has 1 saturated heterocycles. The van der Waals surface area contributed by atoms with E-state index in [1.54, 1.807) is 46.6 Å². The molecule has 1 fully saturated rings. The van der Waals surface area contributed by atoms with Crippen LogP contribution in [0.15, 0.2) is 53.9 Å². The van der Waals surface area contributed by atoms with E-state index in [2.05, 4.69) is 10.3 Å². The maximum absolute atomic E-state index is 13.9. The van der Waals surface area contributed by atoms with Crippen LogP contribution in [0.5, 0.6) is 5.75 Å². The summed E-state index contributed by atoms with van der Waals surface area (Å²) >= 11 is 1.57. The molecular formula is C24H24FN3O3S. The van der Waals surface area contributed by atoms with Gasteiger partial charge in [0.15, 0.2) is 0 Å². The van der Waals surface area contributed by atoms with Crippen LogP contribution in [-0.2, 0) is 6.61 Å². The highest BCUT2D eigenvalue weighted by Gasteiger charge is 2.26. The molecule has 1 N–H and O–H groups in total. The maximum atomic E-state index is 13.9. The van der Waals surface area contributed by atoms with Gasteiger partial charge in [-0.15, -0.1) is 11.3 Å². The molecule has 1 aliphatic rings. The number of aryl methyl sites for hydroxylation is 1. The Labute approximate surface area is 190 Å². The van der Waals surface area contributed by atoms with E-state index in [0.29, 0.717) is 43.9 Å². The number of hydrogen-bond donors (Lipinski definition) is 1. The first-order valence-corrected chi connectivity index (χ1v) is 11.4. The van der Waals surface area contributed by atoms with E-state index in [4.69, 9.17) is 4.74 Å². The van der Waals surface area contributed by atoms with E-state index in [1.807, 2.05) is 18.4 Å². The molecule has 2 aromatic carbocycles. The van der Waals surface area contributed by atoms with E-state index in [9.17, 15) is 14.0 Å². The van der Waals surface area contributed by atoms with Gasteiger partial charge in [0.1, 0.15) is 18.2 Å². The van der Waals surface area contributed by atoms with Crippen LogP contribution >= 0.6 is 11.3 Å². The standard InChI is InChI=1S/C24H24FN3O3S/c1-16-26-19(15-32-16)14-31-20-6-4-5-17(13-20)23(29)27-18-9-11-28(12-10-18)24(30)21-7-2-3-8-22(21)25/h2-8,13,15,18H,9-12,14H2,1H3,(H,27,29). The molecule has 0 radical (unpaired) electrons. The summed E-state index contributed by atoms with van der Waals surface area (Å²) in [5, 5.41) is 5.97. The molecule has 0 spiro atoms. The first-order chi connectivity index (χ1) is 15.5. The Kier molecular flexibility index (Phi) is 6.80. The van der Waals surface area contributed by atoms with Crippen LogP contribution in [0.3, 0.4) is 0 Å². The lowest BCUT2D eigenvalue weighted by atomic mass is 10.0. The number of benzene rings is 2. The van der Waals surface area contributed by atoms with Gasteiger partial charge in [-0.2, -0.15) is 0 Å². The number of thiazole rings is 1. The zero-order chi connectivity index (χ0) is 22.5. The number of amides is 2. The molecule has 1 aromatic heterocycles. The van der Waals surface area contributed by atoms with Gasteiger partial charge < -0.3 is 15.0 Å². The number of piperidine rings is 1. The van der Waals surface area contributed by atoms with Gasteiger partial charge in [-0.3, -0.25) is 9.59 Å². The van der Waals surface area contributed by atoms with Crippen molar-refractivity contribution in [3.05, 3.63) is 81.6 Å². The molecule has 1 aliphatic heterocycles. The lowest BCUT2D eigenvalue weighted by Crippen LogP contribution is -2.46. The van der Waals surface area contributed by atoms with Crippen molar-refractivity contribution in [2.45, 2.75) is 32.4 Å². The zero-order valence-electron chi connectivity index (χ0n) is 17.7. The van der Waals surface area contributed by atoms with Gasteiger partial charge in [0.05, 0.1) is 16.3 Å². The number of halogens is 1. The second-order valence-electron chi connectivity index (χ2n) is 7.69. The largest absolute Gasteiger partial charge is 0.487 e. The Bertz CT molecular complexity index is 1110. The molecular weight excluding hydrogens is 429 g/mol. The average molecular weight is 454 g/mol. The quantitative estimate of drug-likeness (QED) is 0.607. The minimum Gasteiger partial charge on any atom is -0.487 e. The van der Waals surface area contributed by atoms with Crippen LogP contribution < -0.4 is 10.1 Å². The van der Waals surface area contributed by atoms with Crippen LogP contribution in [0.4, 0.5) is 4.39 Å². The lowest BCUT2D eigenvalue weighted by molar-refractivity contribution is 0.0693. The number of carbonyl (C=O) groups is 2. The highest BCUT2D eigenvalue weighted by atomic mass is 32.1. The fourth-order valence-electron chi connectivity index (χ4n) is 3.66. The maximum Gasteiger partial charge on any atom is 0.256 e. The van der Waals surface area contributed by atoms with Gasteiger partial charge in [0, 0.05) is 30.1 Å². The van der Waals surface area contributed by atoms with Crippen molar-refractivity contribution in [3.63, 3.8) is 0 Å². The number of hydrogen-bond acceptors (Lipinski definition) is 5. The number of likely N-dealkylation sites (tertiary alicyclic amines) is 1. The Balaban J connectivity index is 1.29. The highest BCUT2D eigenvalue weighted by Crippen LogP contribution is 2.19. The molecule has 0 unspecified atom stereocenters. The number of ether oxygens (including phenoxy) is 1. The highest BCUT2D eigenvalue weighted by molar-refractivity contribution is 7.09. The Morgan fingerprint density at radius 3 is 2.69 bits per heavy atom. The van der Waals surface area contributed by atoms with Crippen molar-refractivity contribution in [1.82, 2.24) is 15.2 Å². The SMILES string of the molecule is Cc1nc(COc2cccc(C(=O)NC3CCN(C(=O)c4ccccc4F)CC3)c2)cs1. The first-order valence-electron chi connectivity index (χ1n) is 10.5. The lowest BCUT2D eigenvalue weighted by Gasteiger charge is -2.32. The van der Waals surface area contributed by atoms with Gasteiger partial charge in [-0.1, -0.05) is 18.2 Å². The smallest absolute Gasteiger partial charge is 0.256 e. The molecule has 0 bridgehead atoms. The third kappa shape index (κ3) is 5.31. The summed E-state index contributed by atoms with van der Waals surface area (Å²) in [6, 6.07) is 13.0. The number of rotatable bonds is 6. The molecule has 0 atom stereocenters. The fourth-order valence-corrected chi connectivity index (χ4v) is 4.26. The van der Waals surface area contributed by atoms with Crippen molar-refractivity contribution >= 4 is 23.2 Å². The van der Waals surface area contributed by atoms with Crippen molar-refractivity contribution in [3.8, 4) is 5.75 Å². The Morgan fingerprint density at radius 2 is 1.97 bits per heavy atom. The van der Waals surface area contributed by atoms with E-state index in [0.717, 1.165) is 10.7 Å². The molecule has 166 valence electrons. The topological polar surface area (TPSA) is 71.5 Å². The third-order valence-corrected chi connectivity index (χ3v) is 6.19. The van der Waals surface area contributed by atoms with Gasteiger partial charge in [0.2, 0.25) is 0 Å². The zero-order valence-corrected chi connectivity index (χ0v) is 18.5. The van der Waals surface area contributed by atoms with Crippen molar-refractivity contribution < 1.29 is 18.7 Å². The summed E-state index contributed by atoms with van der Waals surface area (Å²) in [7, 11) is 0. The minimum absolute atomic E-state index is 0.0465. The molecule has 32 heavy (non-hydrogen) atoms. The van der Waals surface area contributed by atoms with Gasteiger partial charge >= 0.3 is 0 Å². The normalized spacial score (nSPS) is 14.2. The summed E-state index contributed by atoms with van der Waals surface area (Å²) in [4.78, 5) is 31.3. The van der Waals surface area contributed by atoms with Crippen LogP contribution in [0.2, 0.25) is 0 Å². The van der Waals surface area contributed by atoms with Gasteiger partial charge in [-0.05, 0) is 50.1 Å². The van der Waals surface area contributed by atoms with E-state index in [1.165, 1.54) is 12.1 Å². The predicted octanol–water partition coefficient (Wildman–Crippen LogP) is 4.20. The predicted molar refractivity (Wildman–Crippen MR) is 120 cm³/mol. The molecule has 0 aliphatic carbocycles. The number of carbonyl (C=O) groups excluding carboxylic acids is 2. The first kappa shape index (κ1) is 22.0. The monoisotopic (exact) mass is 453 g/mol. The molecule has 0 saturated carbocycles. The summed E-state index contributed by atoms with van der Waals surface area (Å²) < 4.78 is 19.7. The number of nitrogens with zero attached hydrogens (tertiary/aromatic N) is 2. The molecule has 3 aromatic rings. The number of nitrogens with one attached hydrogen (secondary N) is 1. The van der Waals surface area contributed by atoms with Gasteiger partial charge in [-0.25, -0.2) is 9.37 Å². The molecule has 4 rings (SSSR count). The average Bonchev–Trinajstić information content (AvgIpc) is 3.23. The molecule has 6 nitrogen and oxygen atoms in total. The third-order valence-electron chi connectivity index (χ3n) is 5.37. The molecule has 8 heteroatoms. The Morgan fingerprint density at radius 1 is 1.19 bits per heavy atom. The summed E-state index contributed by atoms with van der Waals surface area (Å²) in [6.45, 7) is 3.23. The van der Waals surface area contributed by atoms with E-state index >= 15 is 0 Å². The second kappa shape index (κ2) is 9.91.